The quantitative estimate of drug-likeness (QED) is 0.0211. The van der Waals surface area contributed by atoms with Crippen molar-refractivity contribution in [2.75, 3.05) is 47.5 Å². The Morgan fingerprint density at radius 3 is 1.01 bits per heavy atom. The maximum absolute atomic E-state index is 12.9. The average molecular weight is 1200 g/mol. The van der Waals surface area contributed by atoms with Gasteiger partial charge in [-0.05, 0) is 57.8 Å². The summed E-state index contributed by atoms with van der Waals surface area (Å²) in [6.45, 7) is 4.37. The summed E-state index contributed by atoms with van der Waals surface area (Å²) in [4.78, 5) is 35.9. The molecule has 0 spiro atoms. The summed E-state index contributed by atoms with van der Waals surface area (Å²) in [5.41, 5.74) is 0. The lowest BCUT2D eigenvalue weighted by Gasteiger charge is -2.24. The van der Waals surface area contributed by atoms with Crippen molar-refractivity contribution in [2.45, 2.75) is 354 Å². The predicted octanol–water partition coefficient (Wildman–Crippen LogP) is 23.4. The topological polar surface area (TPSA) is 108 Å². The number of unbranched alkanes of at least 4 members (excludes halogenated alkanes) is 43. The zero-order valence-corrected chi connectivity index (χ0v) is 57.0. The second kappa shape index (κ2) is 65.2. The summed E-state index contributed by atoms with van der Waals surface area (Å²) in [6, 6.07) is 0. The smallest absolute Gasteiger partial charge is 0.462 e. The molecule has 0 aliphatic rings. The van der Waals surface area contributed by atoms with Crippen LogP contribution in [-0.4, -0.2) is 74.9 Å². The molecule has 9 nitrogen and oxygen atoms in total. The SMILES string of the molecule is CC/C=C\C/C=C\C/C=C\C/C=C\C/C=C\CCCCCCCCCCCCCC(=O)OC(COC(=O)CCCCCCCCCCCCCCCCCCCCCCCCCCCCCCCCCCC)COP(=O)(O)OCC[N+](C)(C)C. The van der Waals surface area contributed by atoms with Gasteiger partial charge in [-0.2, -0.15) is 0 Å². The summed E-state index contributed by atoms with van der Waals surface area (Å²) < 4.78 is 34.7. The Morgan fingerprint density at radius 1 is 0.381 bits per heavy atom. The van der Waals surface area contributed by atoms with Gasteiger partial charge < -0.3 is 18.9 Å². The summed E-state index contributed by atoms with van der Waals surface area (Å²) in [7, 11) is 1.49. The number of carbonyl (C=O) groups excluding carboxylic acids is 2. The average Bonchev–Trinajstić information content (AvgIpc) is 3.61. The molecule has 0 saturated carbocycles. The largest absolute Gasteiger partial charge is 0.472 e. The normalized spacial score (nSPS) is 13.5. The Hall–Kier alpha value is -2.29. The highest BCUT2D eigenvalue weighted by Crippen LogP contribution is 2.43. The van der Waals surface area contributed by atoms with Gasteiger partial charge in [0, 0.05) is 12.8 Å². The van der Waals surface area contributed by atoms with Gasteiger partial charge >= 0.3 is 19.8 Å². The number of nitrogens with zero attached hydrogens (tertiary/aromatic N) is 1. The van der Waals surface area contributed by atoms with Crippen molar-refractivity contribution >= 4 is 19.8 Å². The molecule has 0 radical (unpaired) electrons. The van der Waals surface area contributed by atoms with E-state index in [0.717, 1.165) is 70.6 Å². The molecule has 2 atom stereocenters. The van der Waals surface area contributed by atoms with Gasteiger partial charge in [0.05, 0.1) is 27.7 Å². The number of phosphoric acid groups is 1. The van der Waals surface area contributed by atoms with Crippen LogP contribution in [0.3, 0.4) is 0 Å². The molecule has 10 heteroatoms. The lowest BCUT2D eigenvalue weighted by Crippen LogP contribution is -2.37. The summed E-state index contributed by atoms with van der Waals surface area (Å²) in [5, 5.41) is 0. The summed E-state index contributed by atoms with van der Waals surface area (Å²) in [6.07, 6.45) is 86.3. The van der Waals surface area contributed by atoms with E-state index in [-0.39, 0.29) is 25.6 Å². The molecule has 0 amide bonds. The Balaban J connectivity index is 3.99. The van der Waals surface area contributed by atoms with Gasteiger partial charge in [0.2, 0.25) is 0 Å². The van der Waals surface area contributed by atoms with E-state index in [1.54, 1.807) is 0 Å². The van der Waals surface area contributed by atoms with Crippen molar-refractivity contribution in [2.24, 2.45) is 0 Å². The number of carbonyl (C=O) groups is 2. The molecule has 0 saturated heterocycles. The van der Waals surface area contributed by atoms with Crippen molar-refractivity contribution in [3.63, 3.8) is 0 Å². The van der Waals surface area contributed by atoms with Gasteiger partial charge in [0.25, 0.3) is 0 Å². The third-order valence-electron chi connectivity index (χ3n) is 16.1. The number of likely N-dealkylation sites (N-methyl/N-ethyl adjacent to an activating group) is 1. The first-order chi connectivity index (χ1) is 41.0. The molecule has 0 aliphatic heterocycles. The second-order valence-electron chi connectivity index (χ2n) is 25.6. The van der Waals surface area contributed by atoms with E-state index in [1.807, 2.05) is 21.1 Å². The van der Waals surface area contributed by atoms with Gasteiger partial charge in [-0.3, -0.25) is 18.6 Å². The van der Waals surface area contributed by atoms with Crippen molar-refractivity contribution in [3.05, 3.63) is 60.8 Å². The Morgan fingerprint density at radius 2 is 0.679 bits per heavy atom. The number of esters is 2. The van der Waals surface area contributed by atoms with Gasteiger partial charge in [-0.15, -0.1) is 0 Å². The first-order valence-electron chi connectivity index (χ1n) is 36.0. The Bertz CT molecular complexity index is 1600. The minimum absolute atomic E-state index is 0.0312. The van der Waals surface area contributed by atoms with Crippen LogP contribution in [0.15, 0.2) is 60.8 Å². The fourth-order valence-electron chi connectivity index (χ4n) is 10.6. The molecule has 0 fully saturated rings. The number of hydrogen-bond acceptors (Lipinski definition) is 7. The third-order valence-corrected chi connectivity index (χ3v) is 17.0. The molecule has 2 unspecified atom stereocenters. The first-order valence-corrected chi connectivity index (χ1v) is 37.5. The van der Waals surface area contributed by atoms with Crippen LogP contribution in [0.2, 0.25) is 0 Å². The standard InChI is InChI=1S/C74H138NO8P/c1-6-8-10-12-14-16-18-20-22-24-26-28-30-32-34-35-36-37-38-39-41-42-44-46-48-50-52-54-56-58-60-62-64-66-73(76)80-70-72(71-82-84(78,79)81-69-68-75(3,4)5)83-74(77)67-65-63-61-59-57-55-53-51-49-47-45-43-40-33-31-29-27-25-23-21-19-17-15-13-11-9-7-2/h9,11,15,17,21,23,27,29,33,40,72H,6-8,10,12-14,16,18-20,22,24-26,28,30-32,34-39,41-71H2,1-5H3/p+1/b11-9-,17-15-,23-21-,29-27-,40-33-. The minimum atomic E-state index is -4.39. The maximum atomic E-state index is 12.9. The van der Waals surface area contributed by atoms with Crippen LogP contribution in [0.25, 0.3) is 0 Å². The van der Waals surface area contributed by atoms with Crippen LogP contribution in [-0.2, 0) is 32.7 Å². The van der Waals surface area contributed by atoms with Crippen molar-refractivity contribution < 1.29 is 42.1 Å². The molecular weight excluding hydrogens is 1060 g/mol. The van der Waals surface area contributed by atoms with E-state index < -0.39 is 26.5 Å². The highest BCUT2D eigenvalue weighted by atomic mass is 31.2. The molecule has 0 bridgehead atoms. The van der Waals surface area contributed by atoms with Crippen LogP contribution in [0, 0.1) is 0 Å². The van der Waals surface area contributed by atoms with Crippen LogP contribution >= 0.6 is 7.82 Å². The fraction of sp³-hybridized carbons (Fsp3) is 0.838. The van der Waals surface area contributed by atoms with Gasteiger partial charge in [0.1, 0.15) is 19.8 Å². The van der Waals surface area contributed by atoms with E-state index >= 15 is 0 Å². The number of rotatable bonds is 67. The van der Waals surface area contributed by atoms with Crippen molar-refractivity contribution in [1.29, 1.82) is 0 Å². The number of phosphoric ester groups is 1. The second-order valence-corrected chi connectivity index (χ2v) is 27.1. The van der Waals surface area contributed by atoms with E-state index in [9.17, 15) is 19.0 Å². The van der Waals surface area contributed by atoms with Crippen LogP contribution in [0.4, 0.5) is 0 Å². The highest BCUT2D eigenvalue weighted by molar-refractivity contribution is 7.47. The molecule has 0 heterocycles. The minimum Gasteiger partial charge on any atom is -0.462 e. The number of ether oxygens (including phenoxy) is 2. The highest BCUT2D eigenvalue weighted by Gasteiger charge is 2.27. The van der Waals surface area contributed by atoms with E-state index in [2.05, 4.69) is 74.6 Å². The maximum Gasteiger partial charge on any atom is 0.472 e. The van der Waals surface area contributed by atoms with Gasteiger partial charge in [0.15, 0.2) is 6.10 Å². The van der Waals surface area contributed by atoms with E-state index in [1.165, 1.54) is 244 Å². The fourth-order valence-corrected chi connectivity index (χ4v) is 11.3. The lowest BCUT2D eigenvalue weighted by molar-refractivity contribution is -0.870. The van der Waals surface area contributed by atoms with Crippen LogP contribution in [0.5, 0.6) is 0 Å². The van der Waals surface area contributed by atoms with Crippen LogP contribution in [0.1, 0.15) is 348 Å². The van der Waals surface area contributed by atoms with E-state index in [0.29, 0.717) is 23.9 Å². The molecule has 1 N–H and O–H groups in total. The molecule has 84 heavy (non-hydrogen) atoms. The number of allylic oxidation sites excluding steroid dienone is 10. The van der Waals surface area contributed by atoms with Crippen molar-refractivity contribution in [1.82, 2.24) is 0 Å². The molecule has 0 aromatic rings. The Labute approximate surface area is 521 Å². The predicted molar refractivity (Wildman–Crippen MR) is 363 cm³/mol. The molecule has 0 aliphatic carbocycles. The molecule has 0 aromatic carbocycles. The monoisotopic (exact) mass is 1200 g/mol. The molecular formula is C74H139NO8P+. The Kier molecular flexibility index (Phi) is 63.4. The van der Waals surface area contributed by atoms with Crippen LogP contribution < -0.4 is 0 Å². The zero-order chi connectivity index (χ0) is 61.2. The number of hydrogen-bond donors (Lipinski definition) is 1. The summed E-state index contributed by atoms with van der Waals surface area (Å²) in [5.74, 6) is -0.786. The van der Waals surface area contributed by atoms with Crippen molar-refractivity contribution in [3.8, 4) is 0 Å². The molecule has 492 valence electrons. The van der Waals surface area contributed by atoms with E-state index in [4.69, 9.17) is 18.5 Å². The zero-order valence-electron chi connectivity index (χ0n) is 56.1. The lowest BCUT2D eigenvalue weighted by atomic mass is 10.0. The first kappa shape index (κ1) is 81.7. The van der Waals surface area contributed by atoms with Gasteiger partial charge in [-0.1, -0.05) is 338 Å². The number of quaternary nitrogens is 1. The van der Waals surface area contributed by atoms with Gasteiger partial charge in [-0.25, -0.2) is 4.57 Å². The summed E-state index contributed by atoms with van der Waals surface area (Å²) >= 11 is 0. The molecule has 0 aromatic heterocycles. The molecule has 0 rings (SSSR count). The third kappa shape index (κ3) is 68.8.